The molecule has 0 aliphatic carbocycles. The summed E-state index contributed by atoms with van der Waals surface area (Å²) in [6, 6.07) is 3.88. The molecule has 2 amide bonds. The second kappa shape index (κ2) is 8.88. The zero-order valence-corrected chi connectivity index (χ0v) is 16.8. The van der Waals surface area contributed by atoms with Crippen LogP contribution in [0.15, 0.2) is 18.2 Å². The molecule has 1 atom stereocenters. The first kappa shape index (κ1) is 21.7. The van der Waals surface area contributed by atoms with Gasteiger partial charge in [-0.25, -0.2) is 0 Å². The lowest BCUT2D eigenvalue weighted by atomic mass is 10.0. The van der Waals surface area contributed by atoms with E-state index < -0.39 is 17.6 Å². The summed E-state index contributed by atoms with van der Waals surface area (Å²) in [5.41, 5.74) is -0.756. The number of aliphatic hydroxyl groups is 1. The summed E-state index contributed by atoms with van der Waals surface area (Å²) in [4.78, 5) is 26.7. The highest BCUT2D eigenvalue weighted by Gasteiger charge is 2.28. The number of rotatable bonds is 7. The molecule has 0 aromatic heterocycles. The number of likely N-dealkylation sites (N-methyl/N-ethyl adjacent to an activating group) is 1. The fourth-order valence-corrected chi connectivity index (χ4v) is 3.02. The van der Waals surface area contributed by atoms with Crippen LogP contribution in [0.3, 0.4) is 0 Å². The molecular weight excluding hydrogens is 363 g/mol. The molecule has 0 saturated carbocycles. The molecule has 2 N–H and O–H groups in total. The number of nitrogens with one attached hydrogen (secondary N) is 1. The molecule has 0 bridgehead atoms. The van der Waals surface area contributed by atoms with Crippen LogP contribution in [0.2, 0.25) is 10.0 Å². The van der Waals surface area contributed by atoms with Crippen molar-refractivity contribution in [3.63, 3.8) is 0 Å². The van der Waals surface area contributed by atoms with E-state index in [9.17, 15) is 14.7 Å². The SMILES string of the molecule is CC(C)CC(NC(=O)c1ccc(Cl)cc1Cl)C(=O)N(C)CC(C)(C)O. The highest BCUT2D eigenvalue weighted by atomic mass is 35.5. The van der Waals surface area contributed by atoms with Gasteiger partial charge in [0.25, 0.3) is 5.91 Å². The molecule has 0 heterocycles. The van der Waals surface area contributed by atoms with Crippen LogP contribution >= 0.6 is 23.2 Å². The minimum Gasteiger partial charge on any atom is -0.389 e. The Kier molecular flexibility index (Phi) is 7.72. The Morgan fingerprint density at radius 1 is 1.28 bits per heavy atom. The third-order valence-electron chi connectivity index (χ3n) is 3.49. The van der Waals surface area contributed by atoms with E-state index in [1.54, 1.807) is 27.0 Å². The first-order valence-corrected chi connectivity index (χ1v) is 8.89. The van der Waals surface area contributed by atoms with Gasteiger partial charge in [0.2, 0.25) is 5.91 Å². The molecule has 0 saturated heterocycles. The zero-order valence-electron chi connectivity index (χ0n) is 15.3. The van der Waals surface area contributed by atoms with Gasteiger partial charge in [-0.3, -0.25) is 9.59 Å². The normalized spacial score (nSPS) is 12.8. The van der Waals surface area contributed by atoms with E-state index in [1.165, 1.54) is 17.0 Å². The molecule has 0 aliphatic heterocycles. The summed E-state index contributed by atoms with van der Waals surface area (Å²) in [5.74, 6) is -0.489. The van der Waals surface area contributed by atoms with E-state index >= 15 is 0 Å². The van der Waals surface area contributed by atoms with E-state index in [-0.39, 0.29) is 29.0 Å². The Bertz CT molecular complexity index is 627. The first-order chi connectivity index (χ1) is 11.4. The molecule has 0 radical (unpaired) electrons. The number of carbonyl (C=O) groups excluding carboxylic acids is 2. The largest absolute Gasteiger partial charge is 0.389 e. The average molecular weight is 389 g/mol. The van der Waals surface area contributed by atoms with Crippen LogP contribution in [0.5, 0.6) is 0 Å². The van der Waals surface area contributed by atoms with Crippen molar-refractivity contribution in [2.45, 2.75) is 45.8 Å². The topological polar surface area (TPSA) is 69.6 Å². The second-order valence-corrected chi connectivity index (χ2v) is 8.13. The molecule has 1 unspecified atom stereocenters. The number of hydrogen-bond donors (Lipinski definition) is 2. The maximum Gasteiger partial charge on any atom is 0.253 e. The van der Waals surface area contributed by atoms with Gasteiger partial charge in [0, 0.05) is 18.6 Å². The summed E-state index contributed by atoms with van der Waals surface area (Å²) >= 11 is 11.9. The maximum absolute atomic E-state index is 12.7. The predicted octanol–water partition coefficient (Wildman–Crippen LogP) is 3.37. The van der Waals surface area contributed by atoms with Gasteiger partial charge in [0.15, 0.2) is 0 Å². The molecule has 1 rings (SSSR count). The maximum atomic E-state index is 12.7. The van der Waals surface area contributed by atoms with Gasteiger partial charge in [0.05, 0.1) is 16.2 Å². The zero-order chi connectivity index (χ0) is 19.4. The van der Waals surface area contributed by atoms with Crippen molar-refractivity contribution in [2.24, 2.45) is 5.92 Å². The number of carbonyl (C=O) groups is 2. The fourth-order valence-electron chi connectivity index (χ4n) is 2.53. The summed E-state index contributed by atoms with van der Waals surface area (Å²) in [6.45, 7) is 7.36. The van der Waals surface area contributed by atoms with Gasteiger partial charge in [-0.15, -0.1) is 0 Å². The highest BCUT2D eigenvalue weighted by molar-refractivity contribution is 6.36. The second-order valence-electron chi connectivity index (χ2n) is 7.29. The minimum atomic E-state index is -1.02. The van der Waals surface area contributed by atoms with Crippen LogP contribution in [0.4, 0.5) is 0 Å². The molecule has 5 nitrogen and oxygen atoms in total. The van der Waals surface area contributed by atoms with E-state index in [2.05, 4.69) is 5.32 Å². The third-order valence-corrected chi connectivity index (χ3v) is 4.03. The van der Waals surface area contributed by atoms with Gasteiger partial charge in [-0.05, 0) is 44.4 Å². The van der Waals surface area contributed by atoms with Crippen LogP contribution in [0, 0.1) is 5.92 Å². The van der Waals surface area contributed by atoms with Crippen molar-refractivity contribution < 1.29 is 14.7 Å². The Morgan fingerprint density at radius 3 is 2.36 bits per heavy atom. The van der Waals surface area contributed by atoms with Crippen molar-refractivity contribution in [2.75, 3.05) is 13.6 Å². The Morgan fingerprint density at radius 2 is 1.88 bits per heavy atom. The Balaban J connectivity index is 2.95. The third kappa shape index (κ3) is 7.22. The van der Waals surface area contributed by atoms with Crippen LogP contribution in [0.25, 0.3) is 0 Å². The lowest BCUT2D eigenvalue weighted by molar-refractivity contribution is -0.135. The lowest BCUT2D eigenvalue weighted by Crippen LogP contribution is -2.51. The molecule has 140 valence electrons. The standard InChI is InChI=1S/C18H26Cl2N2O3/c1-11(2)8-15(17(24)22(5)10-18(3,4)25)21-16(23)13-7-6-12(19)9-14(13)20/h6-7,9,11,15,25H,8,10H2,1-5H3,(H,21,23). The minimum absolute atomic E-state index is 0.165. The summed E-state index contributed by atoms with van der Waals surface area (Å²) in [7, 11) is 1.61. The van der Waals surface area contributed by atoms with Crippen molar-refractivity contribution in [3.05, 3.63) is 33.8 Å². The molecular formula is C18H26Cl2N2O3. The van der Waals surface area contributed by atoms with Gasteiger partial charge < -0.3 is 15.3 Å². The van der Waals surface area contributed by atoms with Gasteiger partial charge >= 0.3 is 0 Å². The Hall–Kier alpha value is -1.30. The first-order valence-electron chi connectivity index (χ1n) is 8.14. The number of halogens is 2. The van der Waals surface area contributed by atoms with Crippen molar-refractivity contribution >= 4 is 35.0 Å². The van der Waals surface area contributed by atoms with E-state index in [1.807, 2.05) is 13.8 Å². The molecule has 0 fully saturated rings. The quantitative estimate of drug-likeness (QED) is 0.751. The van der Waals surface area contributed by atoms with E-state index in [0.717, 1.165) is 0 Å². The fraction of sp³-hybridized carbons (Fsp3) is 0.556. The smallest absolute Gasteiger partial charge is 0.253 e. The van der Waals surface area contributed by atoms with Gasteiger partial charge in [-0.1, -0.05) is 37.0 Å². The number of hydrogen-bond acceptors (Lipinski definition) is 3. The molecule has 25 heavy (non-hydrogen) atoms. The van der Waals surface area contributed by atoms with Gasteiger partial charge in [0.1, 0.15) is 6.04 Å². The van der Waals surface area contributed by atoms with Crippen LogP contribution in [-0.4, -0.2) is 47.1 Å². The summed E-state index contributed by atoms with van der Waals surface area (Å²) in [5, 5.41) is 13.3. The molecule has 0 spiro atoms. The summed E-state index contributed by atoms with van der Waals surface area (Å²) < 4.78 is 0. The Labute approximate surface area is 159 Å². The van der Waals surface area contributed by atoms with Crippen molar-refractivity contribution in [3.8, 4) is 0 Å². The van der Waals surface area contributed by atoms with Crippen molar-refractivity contribution in [1.29, 1.82) is 0 Å². The highest BCUT2D eigenvalue weighted by Crippen LogP contribution is 2.21. The van der Waals surface area contributed by atoms with Crippen LogP contribution in [-0.2, 0) is 4.79 Å². The monoisotopic (exact) mass is 388 g/mol. The average Bonchev–Trinajstić information content (AvgIpc) is 2.43. The number of amides is 2. The molecule has 1 aromatic rings. The van der Waals surface area contributed by atoms with E-state index in [4.69, 9.17) is 23.2 Å². The van der Waals surface area contributed by atoms with Crippen LogP contribution in [0.1, 0.15) is 44.5 Å². The number of benzene rings is 1. The summed E-state index contributed by atoms with van der Waals surface area (Å²) in [6.07, 6.45) is 0.478. The molecule has 1 aromatic carbocycles. The number of nitrogens with zero attached hydrogens (tertiary/aromatic N) is 1. The lowest BCUT2D eigenvalue weighted by Gasteiger charge is -2.30. The predicted molar refractivity (Wildman–Crippen MR) is 101 cm³/mol. The van der Waals surface area contributed by atoms with Crippen molar-refractivity contribution in [1.82, 2.24) is 10.2 Å². The molecule has 7 heteroatoms. The molecule has 0 aliphatic rings. The van der Waals surface area contributed by atoms with E-state index in [0.29, 0.717) is 11.4 Å². The van der Waals surface area contributed by atoms with Crippen LogP contribution < -0.4 is 5.32 Å². The van der Waals surface area contributed by atoms with Gasteiger partial charge in [-0.2, -0.15) is 0 Å².